The van der Waals surface area contributed by atoms with E-state index in [9.17, 15) is 105 Å². The van der Waals surface area contributed by atoms with Crippen LogP contribution in [0.25, 0.3) is 0 Å². The number of allylic oxidation sites excluding steroid dienone is 21. The van der Waals surface area contributed by atoms with Gasteiger partial charge in [0.05, 0.1) is 32.4 Å². The maximum Gasteiger partial charge on any atom is 0.302 e. The van der Waals surface area contributed by atoms with Crippen molar-refractivity contribution in [2.75, 3.05) is 33.0 Å². The monoisotopic (exact) mass is 1790 g/mol. The molecule has 36 heteroatoms. The number of aliphatic hydroxyl groups excluding tert-OH is 14. The summed E-state index contributed by atoms with van der Waals surface area (Å²) in [6.45, 7) is 21.7. The second-order valence-corrected chi connectivity index (χ2v) is 35.9. The largest absolute Gasteiger partial charge is 0.756 e. The molecule has 34 nitrogen and oxygen atoms in total. The van der Waals surface area contributed by atoms with Crippen LogP contribution >= 0.6 is 15.6 Å². The summed E-state index contributed by atoms with van der Waals surface area (Å²) in [6.07, 6.45) is -10.6. The molecule has 0 aromatic carbocycles. The third-order valence-corrected chi connectivity index (χ3v) is 24.7. The molecule has 0 saturated carbocycles. The minimum absolute atomic E-state index is 0.383. The highest BCUT2D eigenvalue weighted by Crippen LogP contribution is 2.57. The number of rotatable bonds is 51. The van der Waals surface area contributed by atoms with Gasteiger partial charge in [0.2, 0.25) is 0 Å². The van der Waals surface area contributed by atoms with Crippen LogP contribution in [0.1, 0.15) is 218 Å². The second kappa shape index (κ2) is 54.8. The molecule has 123 heavy (non-hydrogen) atoms. The third-order valence-electron chi connectivity index (χ3n) is 22.2. The van der Waals surface area contributed by atoms with Crippen molar-refractivity contribution in [3.63, 3.8) is 0 Å². The van der Waals surface area contributed by atoms with Crippen molar-refractivity contribution in [1.29, 1.82) is 0 Å². The number of aliphatic hydroxyl groups is 14. The number of carboxylic acid groups (broad SMARTS) is 1. The van der Waals surface area contributed by atoms with Crippen LogP contribution in [0.5, 0.6) is 0 Å². The van der Waals surface area contributed by atoms with Crippen LogP contribution in [0.4, 0.5) is 0 Å². The first-order chi connectivity index (χ1) is 58.0. The fraction of sp³-hybridized carbons (Fsp3) is 0.724. The number of hydrogen-bond donors (Lipinski definition) is 14. The molecule has 2 unspecified atom stereocenters. The van der Waals surface area contributed by atoms with Gasteiger partial charge in [-0.25, -0.2) is 4.31 Å². The van der Waals surface area contributed by atoms with Crippen LogP contribution in [0.2, 0.25) is 0 Å². The van der Waals surface area contributed by atoms with Gasteiger partial charge in [-0.3, -0.25) is 18.4 Å². The number of phosphoric ester groups is 2. The van der Waals surface area contributed by atoms with Gasteiger partial charge in [-0.1, -0.05) is 128 Å². The molecule has 27 atom stereocenters. The average molecular weight is 1790 g/mol. The number of esters is 1. The predicted octanol–water partition coefficient (Wildman–Crippen LogP) is 5.63. The third kappa shape index (κ3) is 37.1. The van der Waals surface area contributed by atoms with Gasteiger partial charge >= 0.3 is 5.97 Å². The summed E-state index contributed by atoms with van der Waals surface area (Å²) in [5, 5.41) is 165. The molecule has 5 aliphatic heterocycles. The number of hydrogen-bond acceptors (Lipinski definition) is 34. The van der Waals surface area contributed by atoms with Crippen molar-refractivity contribution in [2.24, 2.45) is 0 Å². The lowest BCUT2D eigenvalue weighted by Crippen LogP contribution is -2.69. The SMILES string of the molecule is C/C=C(/C)CC/C=C(/C)CC/C=C(/C)CC/C=C(/C)CC/C=C(/C)CC/C=C(/C)CC/C=C(/C)CC/C=C(/C)CC/C=C(\C)CC/C=C(\C)CC/C=C(\C)COP(=O)([O-])OP(=O)([O-])O[C@H]1O[C@H](CO)[C@@H](O[C@@H]2O[C@H](CO)[C@@H](O)[C@H](O[C@H]3O[C@H](COC(C)=O)[C@@H](O)[C@H](O)[C@@H]3O[C@@H]3O[C@H](C(=O)[O-])[C@@H](O[C@@H]4O[C@H](CO)[C@@H](O)[C@H](O)[C@@H]4O)[C@H](O)[C@H]3O)[C@H]2O)[C@H](O)[C@H]1O. The van der Waals surface area contributed by atoms with Gasteiger partial charge in [0.1, 0.15) is 129 Å². The molecule has 0 aromatic rings. The number of aliphatic carboxylic acids is 1. The van der Waals surface area contributed by atoms with E-state index >= 15 is 0 Å². The Hall–Kier alpha value is -4.58. The summed E-state index contributed by atoms with van der Waals surface area (Å²) >= 11 is 0. The van der Waals surface area contributed by atoms with Crippen molar-refractivity contribution < 1.29 is 166 Å². The molecular weight excluding hydrogens is 1650 g/mol. The quantitative estimate of drug-likeness (QED) is 0.0199. The molecule has 14 N–H and O–H groups in total. The minimum atomic E-state index is -6.14. The Morgan fingerprint density at radius 3 is 1.04 bits per heavy atom. The molecule has 0 radical (unpaired) electrons. The van der Waals surface area contributed by atoms with Gasteiger partial charge in [0.25, 0.3) is 15.6 Å². The molecule has 0 spiro atoms. The molecule has 5 aliphatic rings. The van der Waals surface area contributed by atoms with Crippen molar-refractivity contribution in [2.45, 2.75) is 372 Å². The number of carbonyl (C=O) groups excluding carboxylic acids is 2. The summed E-state index contributed by atoms with van der Waals surface area (Å²) < 4.78 is 94.8. The molecule has 0 bridgehead atoms. The van der Waals surface area contributed by atoms with E-state index in [1.54, 1.807) is 6.08 Å². The maximum atomic E-state index is 13.1. The van der Waals surface area contributed by atoms with E-state index in [0.29, 0.717) is 18.4 Å². The minimum Gasteiger partial charge on any atom is -0.756 e. The van der Waals surface area contributed by atoms with Crippen LogP contribution in [0, 0.1) is 0 Å². The molecule has 5 heterocycles. The normalized spacial score (nSPS) is 33.4. The second-order valence-electron chi connectivity index (χ2n) is 32.9. The fourth-order valence-corrected chi connectivity index (χ4v) is 16.4. The molecular formula is C87H139O34P2-3. The smallest absolute Gasteiger partial charge is 0.302 e. The summed E-state index contributed by atoms with van der Waals surface area (Å²) in [7, 11) is -11.9. The number of ether oxygens (including phenoxy) is 10. The van der Waals surface area contributed by atoms with E-state index in [-0.39, 0.29) is 0 Å². The first kappa shape index (κ1) is 109. The van der Waals surface area contributed by atoms with Gasteiger partial charge in [-0.05, 0) is 212 Å². The fourth-order valence-electron chi connectivity index (χ4n) is 14.3. The zero-order chi connectivity index (χ0) is 91.6. The lowest BCUT2D eigenvalue weighted by Gasteiger charge is -2.50. The first-order valence-corrected chi connectivity index (χ1v) is 45.4. The van der Waals surface area contributed by atoms with Crippen LogP contribution in [0.3, 0.4) is 0 Å². The van der Waals surface area contributed by atoms with Gasteiger partial charge in [0.15, 0.2) is 31.5 Å². The molecule has 0 amide bonds. The van der Waals surface area contributed by atoms with E-state index in [2.05, 4.69) is 134 Å². The predicted molar refractivity (Wildman–Crippen MR) is 444 cm³/mol. The number of carbonyl (C=O) groups is 2. The summed E-state index contributed by atoms with van der Waals surface area (Å²) in [5.74, 6) is -3.14. The van der Waals surface area contributed by atoms with Crippen molar-refractivity contribution in [3.05, 3.63) is 128 Å². The Morgan fingerprint density at radius 1 is 0.333 bits per heavy atom. The lowest BCUT2D eigenvalue weighted by atomic mass is 9.95. The van der Waals surface area contributed by atoms with Gasteiger partial charge in [0, 0.05) is 6.92 Å². The lowest BCUT2D eigenvalue weighted by molar-refractivity contribution is -0.405. The first-order valence-electron chi connectivity index (χ1n) is 42.4. The maximum absolute atomic E-state index is 13.1. The van der Waals surface area contributed by atoms with Crippen LogP contribution in [0.15, 0.2) is 128 Å². The number of carboxylic acids is 1. The molecule has 5 saturated heterocycles. The Bertz CT molecular complexity index is 3690. The molecule has 0 aliphatic carbocycles. The Balaban J connectivity index is 1.03. The standard InChI is InChI=1S/C87H142O34P2/c1-14-50(2)25-15-26-51(3)27-16-28-52(4)29-17-30-53(5)31-18-32-54(6)33-19-34-55(7)35-20-36-56(8)37-21-38-57(9)39-22-40-58(10)41-23-42-59(11)43-24-44-60(12)48-110-122(105,106)121-123(107,108)120-86-75(101)71(97)77(64(47-90)113-86)115-85-76(102)78(68(94)63(46-89)112-85)116-87-80(70(96)67(93)65(114-87)49-109-61(13)91)118-84-74(100)72(98)79(81(119-84)82(103)104)117-83-73(99)69(95)66(92)62(45-88)111-83/h14,26,28,30,32,34,36,38,40,42,44,62-81,83-90,92-102H,15-25,27,29,31,33,35,37,39,41,43,45-49H2,1-13H3,(H,103,104)(H,105,106)(H,107,108)/p-3/b50-14-,51-26-,52-28-,53-30-,54-32-,55-34-,56-36-,57-38-,58-40+,59-42+,60-44+/t62-,63-,64-,65-,66-,67-,68-,69+,70+,71-,72-,73+,74-,75-,76-,77-,78+,79+,80+,81+,83+,84-,85+,86-,87-/m1/s1. The van der Waals surface area contributed by atoms with Crippen LogP contribution < -0.4 is 14.9 Å². The molecule has 0 aromatic heterocycles. The summed E-state index contributed by atoms with van der Waals surface area (Å²) in [5.41, 5.74) is 14.3. The Morgan fingerprint density at radius 2 is 0.642 bits per heavy atom. The van der Waals surface area contributed by atoms with E-state index in [1.807, 2.05) is 6.92 Å². The zero-order valence-corrected chi connectivity index (χ0v) is 75.1. The topological polar surface area (TPSA) is 541 Å². The van der Waals surface area contributed by atoms with Crippen LogP contribution in [-0.2, 0) is 79.4 Å². The molecule has 5 fully saturated rings. The summed E-state index contributed by atoms with van der Waals surface area (Å²) in [6, 6.07) is 0. The van der Waals surface area contributed by atoms with Gasteiger partial charge < -0.3 is 143 Å². The van der Waals surface area contributed by atoms with Crippen LogP contribution in [-0.4, -0.2) is 270 Å². The molecule has 704 valence electrons. The Kier molecular flexibility index (Phi) is 48.5. The van der Waals surface area contributed by atoms with Gasteiger partial charge in [-0.15, -0.1) is 0 Å². The highest BCUT2D eigenvalue weighted by Gasteiger charge is 2.58. The van der Waals surface area contributed by atoms with E-state index < -0.39 is 214 Å². The number of phosphoric acid groups is 2. The van der Waals surface area contributed by atoms with Crippen molar-refractivity contribution >= 4 is 27.6 Å². The highest BCUT2D eigenvalue weighted by atomic mass is 31.3. The van der Waals surface area contributed by atoms with Gasteiger partial charge in [-0.2, -0.15) is 0 Å². The summed E-state index contributed by atoms with van der Waals surface area (Å²) in [4.78, 5) is 50.4. The van der Waals surface area contributed by atoms with Crippen molar-refractivity contribution in [3.8, 4) is 0 Å². The molecule has 5 rings (SSSR count). The highest BCUT2D eigenvalue weighted by molar-refractivity contribution is 7.59. The van der Waals surface area contributed by atoms with E-state index in [0.717, 1.165) is 128 Å². The average Bonchev–Trinajstić information content (AvgIpc) is 0.756. The van der Waals surface area contributed by atoms with Crippen molar-refractivity contribution in [1.82, 2.24) is 0 Å². The zero-order valence-electron chi connectivity index (χ0n) is 73.3. The van der Waals surface area contributed by atoms with E-state index in [4.69, 9.17) is 56.4 Å². The van der Waals surface area contributed by atoms with E-state index in [1.165, 1.54) is 57.1 Å². The Labute approximate surface area is 723 Å².